The van der Waals surface area contributed by atoms with Gasteiger partial charge in [0, 0.05) is 18.3 Å². The number of nitrogens with zero attached hydrogens (tertiary/aromatic N) is 1. The number of amides is 2. The highest BCUT2D eigenvalue weighted by Crippen LogP contribution is 2.23. The van der Waals surface area contributed by atoms with Gasteiger partial charge in [0.15, 0.2) is 0 Å². The first-order valence-electron chi connectivity index (χ1n) is 8.83. The number of ether oxygens (including phenoxy) is 2. The van der Waals surface area contributed by atoms with Gasteiger partial charge in [0.2, 0.25) is 5.91 Å². The molecule has 1 atom stereocenters. The molecule has 1 aromatic carbocycles. The van der Waals surface area contributed by atoms with Gasteiger partial charge in [-0.1, -0.05) is 12.6 Å². The molecule has 1 heterocycles. The molecule has 0 unspecified atom stereocenters. The maximum atomic E-state index is 12.7. The van der Waals surface area contributed by atoms with Crippen molar-refractivity contribution in [2.75, 3.05) is 18.5 Å². The second-order valence-electron chi connectivity index (χ2n) is 7.59. The van der Waals surface area contributed by atoms with Gasteiger partial charge in [-0.15, -0.1) is 0 Å². The molecular weight excluding hydrogens is 332 g/mol. The van der Waals surface area contributed by atoms with Crippen LogP contribution in [0.2, 0.25) is 0 Å². The summed E-state index contributed by atoms with van der Waals surface area (Å²) in [5, 5.41) is 2.87. The summed E-state index contributed by atoms with van der Waals surface area (Å²) < 4.78 is 11.0. The van der Waals surface area contributed by atoms with Gasteiger partial charge in [-0.05, 0) is 58.2 Å². The normalized spacial score (nSPS) is 16.9. The highest BCUT2D eigenvalue weighted by Gasteiger charge is 2.36. The molecule has 142 valence electrons. The van der Waals surface area contributed by atoms with Gasteiger partial charge in [0.25, 0.3) is 0 Å². The summed E-state index contributed by atoms with van der Waals surface area (Å²) in [5.41, 5.74) is 0.957. The predicted octanol–water partition coefficient (Wildman–Crippen LogP) is 3.98. The number of rotatable bonds is 5. The summed E-state index contributed by atoms with van der Waals surface area (Å²) in [4.78, 5) is 26.5. The molecule has 0 saturated carbocycles. The first-order chi connectivity index (χ1) is 12.2. The summed E-state index contributed by atoms with van der Waals surface area (Å²) in [6, 6.07) is 6.65. The Labute approximate surface area is 155 Å². The molecule has 1 aromatic rings. The lowest BCUT2D eigenvalue weighted by molar-refractivity contribution is -0.120. The quantitative estimate of drug-likeness (QED) is 0.807. The molecular formula is C20H28N2O4. The maximum Gasteiger partial charge on any atom is 0.410 e. The third-order valence-corrected chi connectivity index (χ3v) is 3.77. The van der Waals surface area contributed by atoms with Gasteiger partial charge < -0.3 is 14.8 Å². The van der Waals surface area contributed by atoms with Crippen LogP contribution in [0, 0.1) is 0 Å². The second-order valence-corrected chi connectivity index (χ2v) is 7.59. The Morgan fingerprint density at radius 3 is 2.73 bits per heavy atom. The standard InChI is InChI=1S/C20H28N2O4/c1-14(2)13-25-16-9-6-8-15(12-16)21-18(23)17-10-7-11-22(17)19(24)26-20(3,4)5/h6,8-9,12,17H,1,7,10-11,13H2,2-5H3,(H,21,23)/t17-/m0/s1. The van der Waals surface area contributed by atoms with Gasteiger partial charge in [0.05, 0.1) is 0 Å². The van der Waals surface area contributed by atoms with Gasteiger partial charge >= 0.3 is 6.09 Å². The van der Waals surface area contributed by atoms with Gasteiger partial charge in [0.1, 0.15) is 24.0 Å². The second kappa shape index (κ2) is 8.25. The van der Waals surface area contributed by atoms with Crippen LogP contribution in [0.3, 0.4) is 0 Å². The summed E-state index contributed by atoms with van der Waals surface area (Å²) in [7, 11) is 0. The average molecular weight is 360 g/mol. The fourth-order valence-corrected chi connectivity index (χ4v) is 2.67. The minimum atomic E-state index is -0.588. The van der Waals surface area contributed by atoms with Crippen LogP contribution in [0.4, 0.5) is 10.5 Å². The summed E-state index contributed by atoms with van der Waals surface area (Å²) >= 11 is 0. The van der Waals surface area contributed by atoms with E-state index in [9.17, 15) is 9.59 Å². The average Bonchev–Trinajstić information content (AvgIpc) is 3.01. The van der Waals surface area contributed by atoms with Crippen molar-refractivity contribution in [1.82, 2.24) is 4.90 Å². The van der Waals surface area contributed by atoms with Crippen LogP contribution in [-0.2, 0) is 9.53 Å². The van der Waals surface area contributed by atoms with E-state index in [1.54, 1.807) is 12.1 Å². The van der Waals surface area contributed by atoms with E-state index in [2.05, 4.69) is 11.9 Å². The largest absolute Gasteiger partial charge is 0.489 e. The monoisotopic (exact) mass is 360 g/mol. The van der Waals surface area contributed by atoms with Crippen LogP contribution in [0.15, 0.2) is 36.4 Å². The predicted molar refractivity (Wildman–Crippen MR) is 101 cm³/mol. The summed E-state index contributed by atoms with van der Waals surface area (Å²) in [6.07, 6.45) is 0.949. The third-order valence-electron chi connectivity index (χ3n) is 3.77. The van der Waals surface area contributed by atoms with E-state index in [4.69, 9.17) is 9.47 Å². The van der Waals surface area contributed by atoms with Gasteiger partial charge in [-0.25, -0.2) is 4.79 Å². The Balaban J connectivity index is 2.01. The zero-order valence-corrected chi connectivity index (χ0v) is 16.0. The van der Waals surface area contributed by atoms with E-state index in [1.165, 1.54) is 4.90 Å². The molecule has 0 aliphatic carbocycles. The lowest BCUT2D eigenvalue weighted by atomic mass is 10.2. The van der Waals surface area contributed by atoms with Crippen molar-refractivity contribution in [3.05, 3.63) is 36.4 Å². The maximum absolute atomic E-state index is 12.7. The molecule has 1 aliphatic heterocycles. The summed E-state index contributed by atoms with van der Waals surface area (Å²) in [5.74, 6) is 0.437. The van der Waals surface area contributed by atoms with E-state index < -0.39 is 17.7 Å². The molecule has 1 saturated heterocycles. The van der Waals surface area contributed by atoms with Crippen LogP contribution >= 0.6 is 0 Å². The lowest BCUT2D eigenvalue weighted by Crippen LogP contribution is -2.45. The fraction of sp³-hybridized carbons (Fsp3) is 0.500. The highest BCUT2D eigenvalue weighted by molar-refractivity contribution is 5.97. The number of benzene rings is 1. The Morgan fingerprint density at radius 2 is 2.08 bits per heavy atom. The van der Waals surface area contributed by atoms with Crippen molar-refractivity contribution in [3.63, 3.8) is 0 Å². The minimum absolute atomic E-state index is 0.217. The first-order valence-corrected chi connectivity index (χ1v) is 8.83. The number of hydrogen-bond donors (Lipinski definition) is 1. The van der Waals surface area contributed by atoms with Crippen molar-refractivity contribution < 1.29 is 19.1 Å². The molecule has 1 N–H and O–H groups in total. The minimum Gasteiger partial charge on any atom is -0.489 e. The van der Waals surface area contributed by atoms with Crippen LogP contribution < -0.4 is 10.1 Å². The SMILES string of the molecule is C=C(C)COc1cccc(NC(=O)[C@@H]2CCCN2C(=O)OC(C)(C)C)c1. The third kappa shape index (κ3) is 5.79. The first kappa shape index (κ1) is 19.8. The fourth-order valence-electron chi connectivity index (χ4n) is 2.67. The van der Waals surface area contributed by atoms with E-state index in [0.29, 0.717) is 31.0 Å². The Kier molecular flexibility index (Phi) is 6.29. The van der Waals surface area contributed by atoms with Crippen molar-refractivity contribution in [1.29, 1.82) is 0 Å². The molecule has 2 amide bonds. The number of carbonyl (C=O) groups excluding carboxylic acids is 2. The van der Waals surface area contributed by atoms with Crippen molar-refractivity contribution in [3.8, 4) is 5.75 Å². The van der Waals surface area contributed by atoms with Crippen LogP contribution in [0.1, 0.15) is 40.5 Å². The zero-order chi connectivity index (χ0) is 19.3. The van der Waals surface area contributed by atoms with E-state index in [1.807, 2.05) is 39.8 Å². The van der Waals surface area contributed by atoms with E-state index >= 15 is 0 Å². The van der Waals surface area contributed by atoms with Crippen molar-refractivity contribution >= 4 is 17.7 Å². The molecule has 0 spiro atoms. The molecule has 1 aliphatic rings. The Morgan fingerprint density at radius 1 is 1.35 bits per heavy atom. The number of likely N-dealkylation sites (tertiary alicyclic amines) is 1. The molecule has 6 nitrogen and oxygen atoms in total. The molecule has 2 rings (SSSR count). The number of nitrogens with one attached hydrogen (secondary N) is 1. The smallest absolute Gasteiger partial charge is 0.410 e. The van der Waals surface area contributed by atoms with Crippen LogP contribution in [0.25, 0.3) is 0 Å². The molecule has 0 aromatic heterocycles. The number of hydrogen-bond acceptors (Lipinski definition) is 4. The lowest BCUT2D eigenvalue weighted by Gasteiger charge is -2.28. The van der Waals surface area contributed by atoms with Crippen molar-refractivity contribution in [2.24, 2.45) is 0 Å². The number of anilines is 1. The topological polar surface area (TPSA) is 67.9 Å². The molecule has 0 bridgehead atoms. The van der Waals surface area contributed by atoms with E-state index in [0.717, 1.165) is 12.0 Å². The highest BCUT2D eigenvalue weighted by atomic mass is 16.6. The molecule has 1 fully saturated rings. The molecule has 26 heavy (non-hydrogen) atoms. The van der Waals surface area contributed by atoms with Crippen LogP contribution in [-0.4, -0.2) is 41.7 Å². The van der Waals surface area contributed by atoms with Crippen LogP contribution in [0.5, 0.6) is 5.75 Å². The Hall–Kier alpha value is -2.50. The van der Waals surface area contributed by atoms with Crippen molar-refractivity contribution in [2.45, 2.75) is 52.2 Å². The summed E-state index contributed by atoms with van der Waals surface area (Å²) in [6.45, 7) is 12.1. The van der Waals surface area contributed by atoms with Gasteiger partial charge in [-0.2, -0.15) is 0 Å². The number of carbonyl (C=O) groups is 2. The molecule has 6 heteroatoms. The van der Waals surface area contributed by atoms with E-state index in [-0.39, 0.29) is 5.91 Å². The Bertz CT molecular complexity index is 679. The molecule has 0 radical (unpaired) electrons. The van der Waals surface area contributed by atoms with Gasteiger partial charge in [-0.3, -0.25) is 9.69 Å². The zero-order valence-electron chi connectivity index (χ0n) is 16.0.